The van der Waals surface area contributed by atoms with Gasteiger partial charge in [-0.15, -0.1) is 10.2 Å². The fourth-order valence-electron chi connectivity index (χ4n) is 1.67. The minimum Gasteiger partial charge on any atom is -0.494 e. The summed E-state index contributed by atoms with van der Waals surface area (Å²) in [6, 6.07) is 8.48. The Morgan fingerprint density at radius 3 is 2.90 bits per heavy atom. The Hall–Kier alpha value is -1.46. The summed E-state index contributed by atoms with van der Waals surface area (Å²) in [5.41, 5.74) is 1.06. The topological polar surface area (TPSA) is 47.0 Å². The van der Waals surface area contributed by atoms with E-state index < -0.39 is 0 Å². The van der Waals surface area contributed by atoms with E-state index >= 15 is 0 Å². The minimum atomic E-state index is 0.452. The molecule has 4 nitrogen and oxygen atoms in total. The molecule has 0 amide bonds. The van der Waals surface area contributed by atoms with Gasteiger partial charge in [0.1, 0.15) is 15.8 Å². The first-order chi connectivity index (χ1) is 9.69. The molecule has 0 atom stereocenters. The SMILES string of the molecule is CCCOc1cccc(-c2nnc(CNC(C)C)s2)c1. The highest BCUT2D eigenvalue weighted by molar-refractivity contribution is 7.14. The molecule has 0 unspecified atom stereocenters. The van der Waals surface area contributed by atoms with Crippen LogP contribution in [0.4, 0.5) is 0 Å². The largest absolute Gasteiger partial charge is 0.494 e. The van der Waals surface area contributed by atoms with Gasteiger partial charge in [-0.25, -0.2) is 0 Å². The van der Waals surface area contributed by atoms with Crippen LogP contribution in [0.1, 0.15) is 32.2 Å². The summed E-state index contributed by atoms with van der Waals surface area (Å²) in [7, 11) is 0. The Kier molecular flexibility index (Phi) is 5.49. The second-order valence-corrected chi connectivity index (χ2v) is 5.97. The maximum Gasteiger partial charge on any atom is 0.147 e. The van der Waals surface area contributed by atoms with Gasteiger partial charge in [-0.05, 0) is 18.6 Å². The van der Waals surface area contributed by atoms with E-state index in [1.165, 1.54) is 0 Å². The molecule has 0 aliphatic heterocycles. The normalized spacial score (nSPS) is 11.0. The summed E-state index contributed by atoms with van der Waals surface area (Å²) in [5.74, 6) is 0.890. The first kappa shape index (κ1) is 14.9. The lowest BCUT2D eigenvalue weighted by Gasteiger charge is -2.05. The second kappa shape index (κ2) is 7.36. The first-order valence-electron chi connectivity index (χ1n) is 6.98. The second-order valence-electron chi connectivity index (χ2n) is 4.91. The van der Waals surface area contributed by atoms with Gasteiger partial charge in [-0.2, -0.15) is 0 Å². The fourth-order valence-corrected chi connectivity index (χ4v) is 2.46. The highest BCUT2D eigenvalue weighted by Crippen LogP contribution is 2.26. The van der Waals surface area contributed by atoms with Crippen molar-refractivity contribution in [1.82, 2.24) is 15.5 Å². The summed E-state index contributed by atoms with van der Waals surface area (Å²) < 4.78 is 5.65. The Morgan fingerprint density at radius 1 is 1.30 bits per heavy atom. The third-order valence-corrected chi connectivity index (χ3v) is 3.65. The molecule has 2 rings (SSSR count). The van der Waals surface area contributed by atoms with Crippen LogP contribution in [0.25, 0.3) is 10.6 Å². The number of ether oxygens (including phenoxy) is 1. The zero-order valence-electron chi connectivity index (χ0n) is 12.2. The average Bonchev–Trinajstić information content (AvgIpc) is 2.92. The molecule has 5 heteroatoms. The van der Waals surface area contributed by atoms with Crippen LogP contribution < -0.4 is 10.1 Å². The number of nitrogens with one attached hydrogen (secondary N) is 1. The van der Waals surface area contributed by atoms with Crippen molar-refractivity contribution in [3.05, 3.63) is 29.3 Å². The van der Waals surface area contributed by atoms with Crippen LogP contribution >= 0.6 is 11.3 Å². The molecule has 0 saturated carbocycles. The molecule has 0 aliphatic carbocycles. The number of benzene rings is 1. The Balaban J connectivity index is 2.07. The van der Waals surface area contributed by atoms with Crippen molar-refractivity contribution in [1.29, 1.82) is 0 Å². The Bertz CT molecular complexity index is 539. The molecule has 0 radical (unpaired) electrons. The summed E-state index contributed by atoms with van der Waals surface area (Å²) in [6.45, 7) is 7.85. The van der Waals surface area contributed by atoms with Crippen molar-refractivity contribution in [2.45, 2.75) is 39.8 Å². The van der Waals surface area contributed by atoms with Crippen molar-refractivity contribution >= 4 is 11.3 Å². The van der Waals surface area contributed by atoms with Gasteiger partial charge in [0.05, 0.1) is 6.61 Å². The van der Waals surface area contributed by atoms with Gasteiger partial charge in [0, 0.05) is 18.2 Å². The predicted octanol–water partition coefficient (Wildman–Crippen LogP) is 3.49. The smallest absolute Gasteiger partial charge is 0.147 e. The van der Waals surface area contributed by atoms with E-state index in [1.54, 1.807) is 11.3 Å². The molecule has 0 fully saturated rings. The Labute approximate surface area is 124 Å². The van der Waals surface area contributed by atoms with Crippen LogP contribution in [0.2, 0.25) is 0 Å². The lowest BCUT2D eigenvalue weighted by molar-refractivity contribution is 0.317. The van der Waals surface area contributed by atoms with E-state index in [0.29, 0.717) is 6.04 Å². The van der Waals surface area contributed by atoms with Crippen molar-refractivity contribution < 1.29 is 4.74 Å². The number of nitrogens with zero attached hydrogens (tertiary/aromatic N) is 2. The van der Waals surface area contributed by atoms with Gasteiger partial charge in [0.2, 0.25) is 0 Å². The molecule has 108 valence electrons. The van der Waals surface area contributed by atoms with Crippen LogP contribution in [-0.2, 0) is 6.54 Å². The molecule has 0 aliphatic rings. The summed E-state index contributed by atoms with van der Waals surface area (Å²) >= 11 is 1.62. The molecule has 20 heavy (non-hydrogen) atoms. The van der Waals surface area contributed by atoms with E-state index in [1.807, 2.05) is 24.3 Å². The number of hydrogen-bond donors (Lipinski definition) is 1. The van der Waals surface area contributed by atoms with Crippen LogP contribution in [-0.4, -0.2) is 22.8 Å². The van der Waals surface area contributed by atoms with E-state index in [-0.39, 0.29) is 0 Å². The van der Waals surface area contributed by atoms with Crippen LogP contribution in [0.3, 0.4) is 0 Å². The third-order valence-electron chi connectivity index (χ3n) is 2.68. The predicted molar refractivity (Wildman–Crippen MR) is 83.1 cm³/mol. The molecule has 1 aromatic heterocycles. The van der Waals surface area contributed by atoms with E-state index in [9.17, 15) is 0 Å². The van der Waals surface area contributed by atoms with Gasteiger partial charge in [-0.1, -0.05) is 44.2 Å². The zero-order chi connectivity index (χ0) is 14.4. The minimum absolute atomic E-state index is 0.452. The monoisotopic (exact) mass is 291 g/mol. The van der Waals surface area contributed by atoms with Crippen molar-refractivity contribution in [2.24, 2.45) is 0 Å². The highest BCUT2D eigenvalue weighted by Gasteiger charge is 2.08. The molecular weight excluding hydrogens is 270 g/mol. The standard InChI is InChI=1S/C15H21N3OS/c1-4-8-19-13-7-5-6-12(9-13)15-18-17-14(20-15)10-16-11(2)3/h5-7,9,11,16H,4,8,10H2,1-3H3. The molecule has 1 heterocycles. The summed E-state index contributed by atoms with van der Waals surface area (Å²) in [6.07, 6.45) is 1.01. The maximum absolute atomic E-state index is 5.65. The van der Waals surface area contributed by atoms with Crippen LogP contribution in [0, 0.1) is 0 Å². The quantitative estimate of drug-likeness (QED) is 0.848. The Morgan fingerprint density at radius 2 is 2.15 bits per heavy atom. The van der Waals surface area contributed by atoms with Crippen molar-refractivity contribution in [2.75, 3.05) is 6.61 Å². The van der Waals surface area contributed by atoms with Crippen molar-refractivity contribution in [3.8, 4) is 16.3 Å². The molecular formula is C15H21N3OS. The van der Waals surface area contributed by atoms with Crippen molar-refractivity contribution in [3.63, 3.8) is 0 Å². The molecule has 1 N–H and O–H groups in total. The lowest BCUT2D eigenvalue weighted by Crippen LogP contribution is -2.21. The average molecular weight is 291 g/mol. The highest BCUT2D eigenvalue weighted by atomic mass is 32.1. The van der Waals surface area contributed by atoms with Gasteiger partial charge < -0.3 is 10.1 Å². The van der Waals surface area contributed by atoms with Crippen LogP contribution in [0.5, 0.6) is 5.75 Å². The van der Waals surface area contributed by atoms with Gasteiger partial charge in [-0.3, -0.25) is 0 Å². The maximum atomic E-state index is 5.65. The lowest BCUT2D eigenvalue weighted by atomic mass is 10.2. The van der Waals surface area contributed by atoms with E-state index in [2.05, 4.69) is 36.3 Å². The summed E-state index contributed by atoms with van der Waals surface area (Å²) in [5, 5.41) is 13.8. The van der Waals surface area contributed by atoms with E-state index in [4.69, 9.17) is 4.74 Å². The number of hydrogen-bond acceptors (Lipinski definition) is 5. The van der Waals surface area contributed by atoms with Gasteiger partial charge in [0.25, 0.3) is 0 Å². The van der Waals surface area contributed by atoms with E-state index in [0.717, 1.165) is 40.9 Å². The number of aromatic nitrogens is 2. The molecule has 0 bridgehead atoms. The van der Waals surface area contributed by atoms with Crippen LogP contribution in [0.15, 0.2) is 24.3 Å². The first-order valence-corrected chi connectivity index (χ1v) is 7.79. The number of rotatable bonds is 7. The molecule has 2 aromatic rings. The molecule has 0 spiro atoms. The fraction of sp³-hybridized carbons (Fsp3) is 0.467. The third kappa shape index (κ3) is 4.28. The van der Waals surface area contributed by atoms with Gasteiger partial charge in [0.15, 0.2) is 0 Å². The molecule has 0 saturated heterocycles. The van der Waals surface area contributed by atoms with Gasteiger partial charge >= 0.3 is 0 Å². The molecule has 1 aromatic carbocycles. The zero-order valence-corrected chi connectivity index (χ0v) is 13.0. The summed E-state index contributed by atoms with van der Waals surface area (Å²) in [4.78, 5) is 0.